The summed E-state index contributed by atoms with van der Waals surface area (Å²) in [7, 11) is 0. The Hall–Kier alpha value is -2.81. The SMILES string of the molecule is CCOc1cc(CNn2nnnc2N)c(Br)cc1OCc1ccc(C)cc1. The summed E-state index contributed by atoms with van der Waals surface area (Å²) < 4.78 is 12.6. The highest BCUT2D eigenvalue weighted by Gasteiger charge is 2.12. The molecule has 3 aromatic rings. The number of nitrogens with one attached hydrogen (secondary N) is 1. The van der Waals surface area contributed by atoms with E-state index in [1.54, 1.807) is 0 Å². The van der Waals surface area contributed by atoms with Crippen LogP contribution in [-0.2, 0) is 13.2 Å². The molecule has 0 radical (unpaired) electrons. The Morgan fingerprint density at radius 3 is 2.56 bits per heavy atom. The highest BCUT2D eigenvalue weighted by molar-refractivity contribution is 9.10. The molecule has 27 heavy (non-hydrogen) atoms. The van der Waals surface area contributed by atoms with Crippen LogP contribution in [0.2, 0.25) is 0 Å². The van der Waals surface area contributed by atoms with Crippen molar-refractivity contribution in [2.75, 3.05) is 17.8 Å². The topological polar surface area (TPSA) is 100 Å². The third-order valence-electron chi connectivity index (χ3n) is 3.84. The molecule has 0 amide bonds. The van der Waals surface area contributed by atoms with Crippen molar-refractivity contribution in [1.29, 1.82) is 0 Å². The van der Waals surface area contributed by atoms with Gasteiger partial charge in [-0.25, -0.2) is 0 Å². The van der Waals surface area contributed by atoms with Gasteiger partial charge in [-0.05, 0) is 47.5 Å². The van der Waals surface area contributed by atoms with E-state index in [-0.39, 0.29) is 5.95 Å². The van der Waals surface area contributed by atoms with Crippen LogP contribution in [0.25, 0.3) is 0 Å². The smallest absolute Gasteiger partial charge is 0.260 e. The van der Waals surface area contributed by atoms with E-state index in [0.717, 1.165) is 15.6 Å². The lowest BCUT2D eigenvalue weighted by Crippen LogP contribution is -2.18. The molecule has 0 aliphatic carbocycles. The van der Waals surface area contributed by atoms with Crippen LogP contribution in [0.3, 0.4) is 0 Å². The first kappa shape index (κ1) is 19.0. The fraction of sp³-hybridized carbons (Fsp3) is 0.278. The Kier molecular flexibility index (Phi) is 6.12. The van der Waals surface area contributed by atoms with E-state index in [2.05, 4.69) is 68.1 Å². The fourth-order valence-electron chi connectivity index (χ4n) is 2.41. The number of nitrogens with zero attached hydrogens (tertiary/aromatic N) is 4. The second-order valence-electron chi connectivity index (χ2n) is 5.88. The van der Waals surface area contributed by atoms with E-state index in [4.69, 9.17) is 15.2 Å². The van der Waals surface area contributed by atoms with Crippen LogP contribution in [0.15, 0.2) is 40.9 Å². The largest absolute Gasteiger partial charge is 0.490 e. The second kappa shape index (κ2) is 8.72. The number of tetrazole rings is 1. The number of halogens is 1. The van der Waals surface area contributed by atoms with Crippen molar-refractivity contribution >= 4 is 21.9 Å². The molecular formula is C18H21BrN6O2. The molecule has 0 saturated carbocycles. The van der Waals surface area contributed by atoms with Gasteiger partial charge in [0, 0.05) is 4.47 Å². The molecule has 142 valence electrons. The number of hydrogen-bond donors (Lipinski definition) is 2. The number of benzene rings is 2. The third kappa shape index (κ3) is 4.88. The van der Waals surface area contributed by atoms with E-state index in [9.17, 15) is 0 Å². The Morgan fingerprint density at radius 2 is 1.89 bits per heavy atom. The van der Waals surface area contributed by atoms with Crippen LogP contribution in [0.4, 0.5) is 5.95 Å². The molecule has 9 heteroatoms. The van der Waals surface area contributed by atoms with Gasteiger partial charge in [-0.3, -0.25) is 0 Å². The average molecular weight is 433 g/mol. The standard InChI is InChI=1S/C18H21BrN6O2/c1-3-26-16-8-14(10-21-25-18(20)22-23-24-25)15(19)9-17(16)27-11-13-6-4-12(2)5-7-13/h4-9,21H,3,10-11H2,1-2H3,(H2,20,22,24). The molecule has 0 unspecified atom stereocenters. The quantitative estimate of drug-likeness (QED) is 0.563. The Labute approximate surface area is 165 Å². The first-order valence-electron chi connectivity index (χ1n) is 8.48. The van der Waals surface area contributed by atoms with Gasteiger partial charge in [-0.15, -0.1) is 4.79 Å². The second-order valence-corrected chi connectivity index (χ2v) is 6.74. The highest BCUT2D eigenvalue weighted by atomic mass is 79.9. The molecule has 3 N–H and O–H groups in total. The van der Waals surface area contributed by atoms with Gasteiger partial charge in [0.1, 0.15) is 6.61 Å². The zero-order valence-electron chi connectivity index (χ0n) is 15.1. The lowest BCUT2D eigenvalue weighted by atomic mass is 10.1. The molecule has 0 aliphatic rings. The van der Waals surface area contributed by atoms with Crippen LogP contribution in [0, 0.1) is 6.92 Å². The van der Waals surface area contributed by atoms with Gasteiger partial charge in [0.05, 0.1) is 13.2 Å². The Bertz CT molecular complexity index is 897. The average Bonchev–Trinajstić information content (AvgIpc) is 3.07. The predicted molar refractivity (Wildman–Crippen MR) is 106 cm³/mol. The van der Waals surface area contributed by atoms with E-state index < -0.39 is 0 Å². The minimum atomic E-state index is 0.189. The minimum Gasteiger partial charge on any atom is -0.490 e. The summed E-state index contributed by atoms with van der Waals surface area (Å²) in [6.07, 6.45) is 0. The van der Waals surface area contributed by atoms with E-state index in [1.165, 1.54) is 10.4 Å². The molecule has 0 fully saturated rings. The molecule has 0 aliphatic heterocycles. The van der Waals surface area contributed by atoms with Crippen molar-refractivity contribution in [2.24, 2.45) is 0 Å². The summed E-state index contributed by atoms with van der Waals surface area (Å²) in [6.45, 7) is 5.45. The maximum atomic E-state index is 5.99. The van der Waals surface area contributed by atoms with Crippen LogP contribution in [0.5, 0.6) is 11.5 Å². The highest BCUT2D eigenvalue weighted by Crippen LogP contribution is 2.34. The number of aromatic nitrogens is 4. The van der Waals surface area contributed by atoms with Crippen molar-refractivity contribution in [3.8, 4) is 11.5 Å². The fourth-order valence-corrected chi connectivity index (χ4v) is 2.87. The third-order valence-corrected chi connectivity index (χ3v) is 4.58. The monoisotopic (exact) mass is 432 g/mol. The summed E-state index contributed by atoms with van der Waals surface area (Å²) in [5, 5.41) is 10.9. The van der Waals surface area contributed by atoms with E-state index in [0.29, 0.717) is 31.3 Å². The molecule has 3 rings (SSSR count). The molecular weight excluding hydrogens is 412 g/mol. The molecule has 1 heterocycles. The number of nitrogen functional groups attached to an aromatic ring is 1. The molecule has 0 atom stereocenters. The van der Waals surface area contributed by atoms with Gasteiger partial charge in [-0.1, -0.05) is 50.9 Å². The predicted octanol–water partition coefficient (Wildman–Crippen LogP) is 3.05. The summed E-state index contributed by atoms with van der Waals surface area (Å²) in [4.78, 5) is 1.31. The molecule has 2 aromatic carbocycles. The molecule has 0 spiro atoms. The van der Waals surface area contributed by atoms with Crippen molar-refractivity contribution in [3.05, 3.63) is 57.6 Å². The van der Waals surface area contributed by atoms with Crippen molar-refractivity contribution < 1.29 is 9.47 Å². The minimum absolute atomic E-state index is 0.189. The number of anilines is 1. The normalized spacial score (nSPS) is 10.6. The summed E-state index contributed by atoms with van der Waals surface area (Å²) in [5.41, 5.74) is 12.0. The molecule has 1 aromatic heterocycles. The van der Waals surface area contributed by atoms with Gasteiger partial charge in [0.2, 0.25) is 0 Å². The Morgan fingerprint density at radius 1 is 1.15 bits per heavy atom. The zero-order chi connectivity index (χ0) is 19.2. The summed E-state index contributed by atoms with van der Waals surface area (Å²) in [6, 6.07) is 12.1. The first-order valence-corrected chi connectivity index (χ1v) is 9.27. The van der Waals surface area contributed by atoms with Gasteiger partial charge in [-0.2, -0.15) is 0 Å². The first-order chi connectivity index (χ1) is 13.1. The lowest BCUT2D eigenvalue weighted by molar-refractivity contribution is 0.269. The molecule has 8 nitrogen and oxygen atoms in total. The van der Waals surface area contributed by atoms with Crippen LogP contribution in [-0.4, -0.2) is 26.9 Å². The van der Waals surface area contributed by atoms with Gasteiger partial charge in [0.15, 0.2) is 11.5 Å². The van der Waals surface area contributed by atoms with Crippen molar-refractivity contribution in [1.82, 2.24) is 20.3 Å². The van der Waals surface area contributed by atoms with Gasteiger partial charge in [0.25, 0.3) is 5.95 Å². The van der Waals surface area contributed by atoms with E-state index >= 15 is 0 Å². The van der Waals surface area contributed by atoms with Crippen molar-refractivity contribution in [2.45, 2.75) is 27.0 Å². The van der Waals surface area contributed by atoms with Crippen molar-refractivity contribution in [3.63, 3.8) is 0 Å². The number of hydrogen-bond acceptors (Lipinski definition) is 7. The molecule has 0 bridgehead atoms. The van der Waals surface area contributed by atoms with Crippen LogP contribution >= 0.6 is 15.9 Å². The van der Waals surface area contributed by atoms with Crippen LogP contribution < -0.4 is 20.6 Å². The van der Waals surface area contributed by atoms with Crippen LogP contribution in [0.1, 0.15) is 23.6 Å². The number of aryl methyl sites for hydroxylation is 1. The summed E-state index contributed by atoms with van der Waals surface area (Å²) >= 11 is 3.58. The molecule has 0 saturated heterocycles. The maximum absolute atomic E-state index is 5.99. The lowest BCUT2D eigenvalue weighted by Gasteiger charge is -2.16. The summed E-state index contributed by atoms with van der Waals surface area (Å²) in [5.74, 6) is 1.54. The van der Waals surface area contributed by atoms with Gasteiger partial charge < -0.3 is 20.6 Å². The zero-order valence-corrected chi connectivity index (χ0v) is 16.7. The number of nitrogens with two attached hydrogens (primary N) is 1. The van der Waals surface area contributed by atoms with Gasteiger partial charge >= 0.3 is 0 Å². The maximum Gasteiger partial charge on any atom is 0.260 e. The number of ether oxygens (including phenoxy) is 2. The number of rotatable bonds is 8. The Balaban J connectivity index is 1.74. The van der Waals surface area contributed by atoms with E-state index in [1.807, 2.05) is 19.1 Å².